The minimum atomic E-state index is -0.446. The lowest BCUT2D eigenvalue weighted by Crippen LogP contribution is -2.45. The van der Waals surface area contributed by atoms with Crippen LogP contribution in [0.1, 0.15) is 32.4 Å². The van der Waals surface area contributed by atoms with Crippen LogP contribution in [0.5, 0.6) is 5.75 Å². The number of benzene rings is 1. The molecule has 1 unspecified atom stereocenters. The number of nitrogens with one attached hydrogen (secondary N) is 2. The van der Waals surface area contributed by atoms with E-state index in [4.69, 9.17) is 21.7 Å². The van der Waals surface area contributed by atoms with Crippen LogP contribution in [0.15, 0.2) is 35.5 Å². The number of allylic oxidation sites excluding steroid dienone is 1. The Bertz CT molecular complexity index is 700. The molecular weight excluding hydrogens is 328 g/mol. The van der Waals surface area contributed by atoms with Crippen LogP contribution < -0.4 is 15.4 Å². The largest absolute Gasteiger partial charge is 0.486 e. The van der Waals surface area contributed by atoms with E-state index in [1.165, 1.54) is 6.92 Å². The molecule has 0 saturated heterocycles. The van der Waals surface area contributed by atoms with Crippen molar-refractivity contribution in [2.75, 3.05) is 13.2 Å². The predicted octanol–water partition coefficient (Wildman–Crippen LogP) is 2.01. The molecule has 0 spiro atoms. The second-order valence-electron chi connectivity index (χ2n) is 5.35. The van der Waals surface area contributed by atoms with Crippen molar-refractivity contribution >= 4 is 29.1 Å². The van der Waals surface area contributed by atoms with Crippen LogP contribution >= 0.6 is 12.2 Å². The first-order valence-electron chi connectivity index (χ1n) is 7.60. The van der Waals surface area contributed by atoms with Crippen LogP contribution in [0.2, 0.25) is 0 Å². The highest BCUT2D eigenvalue weighted by Crippen LogP contribution is 2.29. The van der Waals surface area contributed by atoms with Gasteiger partial charge in [-0.05, 0) is 50.7 Å². The quantitative estimate of drug-likeness (QED) is 0.601. The maximum atomic E-state index is 12.3. The molecule has 0 saturated carbocycles. The number of carbonyl (C=O) groups is 2. The maximum absolute atomic E-state index is 12.3. The molecule has 1 aliphatic heterocycles. The van der Waals surface area contributed by atoms with Gasteiger partial charge in [-0.3, -0.25) is 4.79 Å². The van der Waals surface area contributed by atoms with Gasteiger partial charge in [0, 0.05) is 5.70 Å². The normalized spacial score (nSPS) is 17.0. The van der Waals surface area contributed by atoms with Crippen molar-refractivity contribution in [3.8, 4) is 5.75 Å². The summed E-state index contributed by atoms with van der Waals surface area (Å²) in [6, 6.07) is 6.75. The van der Waals surface area contributed by atoms with E-state index in [1.54, 1.807) is 32.0 Å². The molecule has 128 valence electrons. The maximum Gasteiger partial charge on any atom is 0.338 e. The molecule has 1 aliphatic rings. The van der Waals surface area contributed by atoms with Crippen LogP contribution in [0.3, 0.4) is 0 Å². The van der Waals surface area contributed by atoms with Crippen molar-refractivity contribution in [1.82, 2.24) is 10.6 Å². The summed E-state index contributed by atoms with van der Waals surface area (Å²) in [5, 5.41) is 6.46. The van der Waals surface area contributed by atoms with Crippen LogP contribution in [0.4, 0.5) is 0 Å². The van der Waals surface area contributed by atoms with Gasteiger partial charge < -0.3 is 20.1 Å². The highest BCUT2D eigenvalue weighted by molar-refractivity contribution is 7.80. The van der Waals surface area contributed by atoms with Gasteiger partial charge in [0.05, 0.1) is 18.2 Å². The molecule has 0 radical (unpaired) electrons. The molecule has 0 fully saturated rings. The van der Waals surface area contributed by atoms with E-state index in [2.05, 4.69) is 10.6 Å². The van der Waals surface area contributed by atoms with Crippen molar-refractivity contribution in [3.05, 3.63) is 41.1 Å². The van der Waals surface area contributed by atoms with Gasteiger partial charge >= 0.3 is 5.97 Å². The van der Waals surface area contributed by atoms with Gasteiger partial charge in [-0.15, -0.1) is 0 Å². The molecule has 0 bridgehead atoms. The molecule has 24 heavy (non-hydrogen) atoms. The minimum absolute atomic E-state index is 0.00111. The average Bonchev–Trinajstić information content (AvgIpc) is 2.52. The van der Waals surface area contributed by atoms with E-state index in [-0.39, 0.29) is 19.0 Å². The molecule has 1 heterocycles. The van der Waals surface area contributed by atoms with Crippen LogP contribution in [-0.4, -0.2) is 30.1 Å². The zero-order valence-electron chi connectivity index (χ0n) is 13.8. The number of ketones is 1. The van der Waals surface area contributed by atoms with Crippen LogP contribution in [-0.2, 0) is 14.3 Å². The summed E-state index contributed by atoms with van der Waals surface area (Å²) >= 11 is 5.20. The first-order chi connectivity index (χ1) is 11.4. The smallest absolute Gasteiger partial charge is 0.338 e. The summed E-state index contributed by atoms with van der Waals surface area (Å²) in [5.41, 5.74) is 1.91. The number of esters is 1. The number of Topliss-reactive ketones (excluding diaryl/α,β-unsaturated/α-hetero) is 1. The first kappa shape index (κ1) is 17.9. The van der Waals surface area contributed by atoms with Gasteiger partial charge in [0.15, 0.2) is 10.9 Å². The van der Waals surface area contributed by atoms with Gasteiger partial charge in [0.25, 0.3) is 0 Å². The van der Waals surface area contributed by atoms with Crippen molar-refractivity contribution in [3.63, 3.8) is 0 Å². The molecule has 6 nitrogen and oxygen atoms in total. The standard InChI is InChI=1S/C17H20N2O4S/c1-4-22-16(21)14-11(3)18-17(24)19-15(14)12-6-5-7-13(8-12)23-9-10(2)20/h5-8,15H,4,9H2,1-3H3,(H2,18,19,24). The Hall–Kier alpha value is -2.41. The monoisotopic (exact) mass is 348 g/mol. The fourth-order valence-corrected chi connectivity index (χ4v) is 2.66. The second-order valence-corrected chi connectivity index (χ2v) is 5.76. The Labute approximate surface area is 146 Å². The number of rotatable bonds is 6. The van der Waals surface area contributed by atoms with Gasteiger partial charge in [0.1, 0.15) is 12.4 Å². The Kier molecular flexibility index (Phi) is 5.92. The van der Waals surface area contributed by atoms with Gasteiger partial charge in [-0.25, -0.2) is 4.79 Å². The van der Waals surface area contributed by atoms with Gasteiger partial charge in [0.2, 0.25) is 0 Å². The van der Waals surface area contributed by atoms with E-state index >= 15 is 0 Å². The van der Waals surface area contributed by atoms with Gasteiger partial charge in [-0.2, -0.15) is 0 Å². The number of ether oxygens (including phenoxy) is 2. The Morgan fingerprint density at radius 2 is 2.08 bits per heavy atom. The molecule has 1 aromatic rings. The minimum Gasteiger partial charge on any atom is -0.486 e. The topological polar surface area (TPSA) is 76.7 Å². The second kappa shape index (κ2) is 7.92. The van der Waals surface area contributed by atoms with Crippen molar-refractivity contribution in [1.29, 1.82) is 0 Å². The summed E-state index contributed by atoms with van der Waals surface area (Å²) in [6.45, 7) is 5.28. The van der Waals surface area contributed by atoms with E-state index < -0.39 is 12.0 Å². The third-order valence-electron chi connectivity index (χ3n) is 3.40. The summed E-state index contributed by atoms with van der Waals surface area (Å²) in [7, 11) is 0. The SMILES string of the molecule is CCOC(=O)C1=C(C)NC(=S)NC1c1cccc(OCC(C)=O)c1. The highest BCUT2D eigenvalue weighted by Gasteiger charge is 2.30. The Morgan fingerprint density at radius 3 is 2.75 bits per heavy atom. The molecule has 1 aromatic carbocycles. The zero-order chi connectivity index (χ0) is 17.7. The molecule has 0 aromatic heterocycles. The highest BCUT2D eigenvalue weighted by atomic mass is 32.1. The van der Waals surface area contributed by atoms with Crippen molar-refractivity contribution in [2.24, 2.45) is 0 Å². The summed E-state index contributed by atoms with van der Waals surface area (Å²) in [4.78, 5) is 23.4. The summed E-state index contributed by atoms with van der Waals surface area (Å²) < 4.78 is 10.6. The molecule has 0 amide bonds. The molecule has 2 rings (SSSR count). The third-order valence-corrected chi connectivity index (χ3v) is 3.62. The Morgan fingerprint density at radius 1 is 1.33 bits per heavy atom. The molecule has 0 aliphatic carbocycles. The van der Waals surface area contributed by atoms with E-state index in [0.717, 1.165) is 5.56 Å². The van der Waals surface area contributed by atoms with Crippen molar-refractivity contribution in [2.45, 2.75) is 26.8 Å². The number of hydrogen-bond donors (Lipinski definition) is 2. The number of carbonyl (C=O) groups excluding carboxylic acids is 2. The number of thiocarbonyl (C=S) groups is 1. The molecule has 7 heteroatoms. The number of hydrogen-bond acceptors (Lipinski definition) is 5. The first-order valence-corrected chi connectivity index (χ1v) is 8.00. The van der Waals surface area contributed by atoms with E-state index in [0.29, 0.717) is 22.1 Å². The van der Waals surface area contributed by atoms with E-state index in [9.17, 15) is 9.59 Å². The van der Waals surface area contributed by atoms with Crippen LogP contribution in [0, 0.1) is 0 Å². The molecular formula is C17H20N2O4S. The van der Waals surface area contributed by atoms with Gasteiger partial charge in [-0.1, -0.05) is 12.1 Å². The summed E-state index contributed by atoms with van der Waals surface area (Å²) in [5.74, 6) is 0.0805. The lowest BCUT2D eigenvalue weighted by atomic mass is 9.95. The zero-order valence-corrected chi connectivity index (χ0v) is 14.7. The fraction of sp³-hybridized carbons (Fsp3) is 0.353. The molecule has 1 atom stereocenters. The molecule has 2 N–H and O–H groups in total. The van der Waals surface area contributed by atoms with E-state index in [1.807, 2.05) is 6.07 Å². The summed E-state index contributed by atoms with van der Waals surface area (Å²) in [6.07, 6.45) is 0. The van der Waals surface area contributed by atoms with Crippen molar-refractivity contribution < 1.29 is 19.1 Å². The fourth-order valence-electron chi connectivity index (χ4n) is 2.39. The Balaban J connectivity index is 2.35. The predicted molar refractivity (Wildman–Crippen MR) is 93.6 cm³/mol. The third kappa shape index (κ3) is 4.32. The average molecular weight is 348 g/mol. The lowest BCUT2D eigenvalue weighted by molar-refractivity contribution is -0.139. The lowest BCUT2D eigenvalue weighted by Gasteiger charge is -2.30. The van der Waals surface area contributed by atoms with Crippen LogP contribution in [0.25, 0.3) is 0 Å².